The number of hydrogen-bond donors (Lipinski definition) is 0. The molecule has 3 aromatic rings. The number of para-hydroxylation sites is 1. The Morgan fingerprint density at radius 3 is 2.71 bits per heavy atom. The van der Waals surface area contributed by atoms with Gasteiger partial charge >= 0.3 is 5.97 Å². The molecule has 8 heteroatoms. The Bertz CT molecular complexity index is 1560. The van der Waals surface area contributed by atoms with Crippen molar-refractivity contribution < 1.29 is 14.3 Å². The Labute approximate surface area is 211 Å². The molecule has 2 aliphatic heterocycles. The normalized spacial score (nSPS) is 19.3. The molecule has 0 unspecified atom stereocenters. The number of rotatable bonds is 4. The molecule has 1 aromatic heterocycles. The Hall–Kier alpha value is -3.42. The summed E-state index contributed by atoms with van der Waals surface area (Å²) in [7, 11) is 0. The molecule has 6 nitrogen and oxygen atoms in total. The van der Waals surface area contributed by atoms with Gasteiger partial charge in [0.15, 0.2) is 4.80 Å². The number of carbonyl (C=O) groups is 1. The Balaban J connectivity index is 1.69. The number of ether oxygens (including phenoxy) is 2. The van der Waals surface area contributed by atoms with E-state index in [-0.39, 0.29) is 18.3 Å². The van der Waals surface area contributed by atoms with Crippen molar-refractivity contribution in [3.63, 3.8) is 0 Å². The van der Waals surface area contributed by atoms with Gasteiger partial charge in [-0.05, 0) is 62.3 Å². The molecular formula is C27H23ClN2O4S. The summed E-state index contributed by atoms with van der Waals surface area (Å²) in [5.41, 5.74) is 3.24. The summed E-state index contributed by atoms with van der Waals surface area (Å²) in [6.45, 7) is 5.69. The molecule has 2 aromatic carbocycles. The highest BCUT2D eigenvalue weighted by Crippen LogP contribution is 2.32. The Morgan fingerprint density at radius 1 is 1.23 bits per heavy atom. The fourth-order valence-corrected chi connectivity index (χ4v) is 5.50. The van der Waals surface area contributed by atoms with Gasteiger partial charge in [0.1, 0.15) is 11.9 Å². The van der Waals surface area contributed by atoms with Crippen LogP contribution in [0, 0.1) is 0 Å². The van der Waals surface area contributed by atoms with Crippen LogP contribution in [-0.4, -0.2) is 23.2 Å². The van der Waals surface area contributed by atoms with Crippen LogP contribution in [0.1, 0.15) is 37.9 Å². The lowest BCUT2D eigenvalue weighted by atomic mass is 9.96. The van der Waals surface area contributed by atoms with Gasteiger partial charge in [0.25, 0.3) is 5.56 Å². The standard InChI is InChI=1S/C27H23ClN2O4S/c1-4-33-26(32)23-15(2)29-27-30(24(23)17-9-11-20(28)12-10-17)25(31)22(35-27)14-19-13-18-7-5-6-8-21(18)34-16(19)3/h5-14,16,24H,4H2,1-3H3/b22-14-/t16-,24+/m0/s1. The van der Waals surface area contributed by atoms with Gasteiger partial charge in [-0.3, -0.25) is 9.36 Å². The van der Waals surface area contributed by atoms with Crippen LogP contribution in [0.4, 0.5) is 0 Å². The lowest BCUT2D eigenvalue weighted by Crippen LogP contribution is -2.40. The molecule has 2 atom stereocenters. The van der Waals surface area contributed by atoms with Gasteiger partial charge in [0.2, 0.25) is 0 Å². The van der Waals surface area contributed by atoms with Crippen molar-refractivity contribution in [2.75, 3.05) is 6.61 Å². The fourth-order valence-electron chi connectivity index (χ4n) is 4.32. The highest BCUT2D eigenvalue weighted by atomic mass is 35.5. The second kappa shape index (κ2) is 9.32. The number of fused-ring (bicyclic) bond motifs is 2. The molecular weight excluding hydrogens is 484 g/mol. The predicted octanol–water partition coefficient (Wildman–Crippen LogP) is 4.27. The number of esters is 1. The van der Waals surface area contributed by atoms with Gasteiger partial charge in [0.05, 0.1) is 28.5 Å². The average molecular weight is 507 g/mol. The van der Waals surface area contributed by atoms with Crippen LogP contribution in [0.5, 0.6) is 5.75 Å². The van der Waals surface area contributed by atoms with E-state index in [9.17, 15) is 9.59 Å². The topological polar surface area (TPSA) is 69.9 Å². The first-order valence-electron chi connectivity index (χ1n) is 11.3. The minimum atomic E-state index is -0.667. The van der Waals surface area contributed by atoms with Gasteiger partial charge in [0, 0.05) is 10.6 Å². The van der Waals surface area contributed by atoms with Crippen molar-refractivity contribution in [2.24, 2.45) is 4.99 Å². The summed E-state index contributed by atoms with van der Waals surface area (Å²) < 4.78 is 13.5. The maximum absolute atomic E-state index is 13.7. The maximum Gasteiger partial charge on any atom is 0.338 e. The van der Waals surface area contributed by atoms with Crippen LogP contribution in [0.25, 0.3) is 12.2 Å². The van der Waals surface area contributed by atoms with Crippen molar-refractivity contribution in [2.45, 2.75) is 32.9 Å². The second-order valence-electron chi connectivity index (χ2n) is 8.30. The van der Waals surface area contributed by atoms with Crippen LogP contribution < -0.4 is 19.6 Å². The number of carbonyl (C=O) groups excluding carboxylic acids is 1. The number of benzene rings is 2. The van der Waals surface area contributed by atoms with E-state index in [1.54, 1.807) is 30.5 Å². The van der Waals surface area contributed by atoms with E-state index >= 15 is 0 Å². The predicted molar refractivity (Wildman–Crippen MR) is 137 cm³/mol. The molecule has 0 N–H and O–H groups in total. The van der Waals surface area contributed by atoms with E-state index in [0.29, 0.717) is 25.6 Å². The summed E-state index contributed by atoms with van der Waals surface area (Å²) >= 11 is 7.40. The van der Waals surface area contributed by atoms with Gasteiger partial charge in [-0.25, -0.2) is 9.79 Å². The second-order valence-corrected chi connectivity index (χ2v) is 9.74. The van der Waals surface area contributed by atoms with E-state index in [1.807, 2.05) is 55.5 Å². The van der Waals surface area contributed by atoms with E-state index in [4.69, 9.17) is 21.1 Å². The lowest BCUT2D eigenvalue weighted by molar-refractivity contribution is -0.139. The zero-order valence-corrected chi connectivity index (χ0v) is 21.0. The third kappa shape index (κ3) is 4.26. The fraction of sp³-hybridized carbons (Fsp3) is 0.222. The zero-order chi connectivity index (χ0) is 24.7. The van der Waals surface area contributed by atoms with E-state index < -0.39 is 12.0 Å². The zero-order valence-electron chi connectivity index (χ0n) is 19.4. The van der Waals surface area contributed by atoms with Crippen molar-refractivity contribution in [1.82, 2.24) is 4.57 Å². The monoisotopic (exact) mass is 506 g/mol. The summed E-state index contributed by atoms with van der Waals surface area (Å²) in [4.78, 5) is 31.8. The molecule has 35 heavy (non-hydrogen) atoms. The van der Waals surface area contributed by atoms with Crippen LogP contribution in [0.2, 0.25) is 5.02 Å². The maximum atomic E-state index is 13.7. The largest absolute Gasteiger partial charge is 0.485 e. The highest BCUT2D eigenvalue weighted by Gasteiger charge is 2.33. The third-order valence-corrected chi connectivity index (χ3v) is 7.25. The average Bonchev–Trinajstić information content (AvgIpc) is 3.13. The van der Waals surface area contributed by atoms with Crippen LogP contribution >= 0.6 is 22.9 Å². The van der Waals surface area contributed by atoms with Crippen LogP contribution in [-0.2, 0) is 9.53 Å². The smallest absolute Gasteiger partial charge is 0.338 e. The van der Waals surface area contributed by atoms with Gasteiger partial charge in [-0.2, -0.15) is 0 Å². The molecule has 0 radical (unpaired) electrons. The minimum Gasteiger partial charge on any atom is -0.485 e. The molecule has 0 saturated heterocycles. The number of nitrogens with zero attached hydrogens (tertiary/aromatic N) is 2. The molecule has 0 aliphatic carbocycles. The van der Waals surface area contributed by atoms with Crippen molar-refractivity contribution >= 4 is 41.1 Å². The first kappa shape index (κ1) is 23.3. The quantitative estimate of drug-likeness (QED) is 0.496. The number of allylic oxidation sites excluding steroid dienone is 1. The van der Waals surface area contributed by atoms with Crippen molar-refractivity contribution in [3.8, 4) is 5.75 Å². The molecule has 0 saturated carbocycles. The molecule has 178 valence electrons. The number of aromatic nitrogens is 1. The third-order valence-electron chi connectivity index (χ3n) is 6.01. The molecule has 0 bridgehead atoms. The van der Waals surface area contributed by atoms with Gasteiger partial charge in [-0.15, -0.1) is 0 Å². The van der Waals surface area contributed by atoms with Crippen LogP contribution in [0.15, 0.2) is 75.2 Å². The molecule has 0 fully saturated rings. The minimum absolute atomic E-state index is 0.215. The molecule has 0 spiro atoms. The Morgan fingerprint density at radius 2 is 1.97 bits per heavy atom. The first-order valence-corrected chi connectivity index (χ1v) is 12.5. The number of hydrogen-bond acceptors (Lipinski definition) is 6. The van der Waals surface area contributed by atoms with Crippen molar-refractivity contribution in [3.05, 3.63) is 101 Å². The molecule has 2 aliphatic rings. The van der Waals surface area contributed by atoms with E-state index in [0.717, 1.165) is 22.4 Å². The van der Waals surface area contributed by atoms with E-state index in [1.165, 1.54) is 11.3 Å². The molecule has 3 heterocycles. The summed E-state index contributed by atoms with van der Waals surface area (Å²) in [6.07, 6.45) is 3.67. The first-order chi connectivity index (χ1) is 16.9. The highest BCUT2D eigenvalue weighted by molar-refractivity contribution is 7.07. The Kier molecular flexibility index (Phi) is 6.21. The lowest BCUT2D eigenvalue weighted by Gasteiger charge is -2.24. The van der Waals surface area contributed by atoms with Crippen molar-refractivity contribution in [1.29, 1.82) is 0 Å². The summed E-state index contributed by atoms with van der Waals surface area (Å²) in [5, 5.41) is 0.568. The van der Waals surface area contributed by atoms with Crippen LogP contribution in [0.3, 0.4) is 0 Å². The van der Waals surface area contributed by atoms with Gasteiger partial charge in [-0.1, -0.05) is 53.3 Å². The number of halogens is 1. The summed E-state index contributed by atoms with van der Waals surface area (Å²) in [5.74, 6) is 0.327. The molecule has 0 amide bonds. The number of thiazole rings is 1. The van der Waals surface area contributed by atoms with Gasteiger partial charge < -0.3 is 9.47 Å². The SMILES string of the molecule is CCOC(=O)C1=C(C)N=c2s/c(=C\C3=Cc4ccccc4O[C@H]3C)c(=O)n2[C@@H]1c1ccc(Cl)cc1. The van der Waals surface area contributed by atoms with E-state index in [2.05, 4.69) is 4.99 Å². The summed E-state index contributed by atoms with van der Waals surface area (Å²) in [6, 6.07) is 14.2. The molecule has 5 rings (SSSR count).